The van der Waals surface area contributed by atoms with E-state index >= 15 is 0 Å². The van der Waals surface area contributed by atoms with Gasteiger partial charge in [-0.2, -0.15) is 0 Å². The Morgan fingerprint density at radius 2 is 2.00 bits per heavy atom. The Kier molecular flexibility index (Phi) is 5.44. The van der Waals surface area contributed by atoms with Crippen molar-refractivity contribution in [3.8, 4) is 11.5 Å². The molecule has 1 saturated heterocycles. The first-order valence-electron chi connectivity index (χ1n) is 7.61. The van der Waals surface area contributed by atoms with Crippen LogP contribution in [0.15, 0.2) is 18.2 Å². The molecule has 0 aliphatic carbocycles. The molecule has 21 heavy (non-hydrogen) atoms. The van der Waals surface area contributed by atoms with Gasteiger partial charge in [0.25, 0.3) is 5.91 Å². The van der Waals surface area contributed by atoms with Crippen molar-refractivity contribution in [1.29, 1.82) is 0 Å². The molecule has 5 heteroatoms. The molecule has 1 aliphatic heterocycles. The molecule has 116 valence electrons. The standard InChI is InChI=1S/C16H24N2O3/c1-3-20-14-8-7-12(10-15(14)21-4-2)16(19)18-9-5-6-13(18)11-17/h7-8,10,13H,3-6,9,11,17H2,1-2H3. The van der Waals surface area contributed by atoms with Crippen molar-refractivity contribution in [2.45, 2.75) is 32.7 Å². The van der Waals surface area contributed by atoms with Crippen molar-refractivity contribution in [2.75, 3.05) is 26.3 Å². The van der Waals surface area contributed by atoms with Crippen LogP contribution in [-0.2, 0) is 0 Å². The number of rotatable bonds is 6. The van der Waals surface area contributed by atoms with E-state index < -0.39 is 0 Å². The molecule has 1 amide bonds. The van der Waals surface area contributed by atoms with Gasteiger partial charge in [-0.25, -0.2) is 0 Å². The van der Waals surface area contributed by atoms with E-state index in [9.17, 15) is 4.79 Å². The monoisotopic (exact) mass is 292 g/mol. The summed E-state index contributed by atoms with van der Waals surface area (Å²) < 4.78 is 11.1. The number of carbonyl (C=O) groups excluding carboxylic acids is 1. The molecule has 0 spiro atoms. The van der Waals surface area contributed by atoms with Gasteiger partial charge in [0, 0.05) is 24.7 Å². The van der Waals surface area contributed by atoms with Gasteiger partial charge < -0.3 is 20.1 Å². The lowest BCUT2D eigenvalue weighted by atomic mass is 10.1. The highest BCUT2D eigenvalue weighted by atomic mass is 16.5. The van der Waals surface area contributed by atoms with Crippen molar-refractivity contribution in [3.63, 3.8) is 0 Å². The van der Waals surface area contributed by atoms with Gasteiger partial charge in [0.1, 0.15) is 0 Å². The Labute approximate surface area is 126 Å². The summed E-state index contributed by atoms with van der Waals surface area (Å²) in [5.74, 6) is 1.31. The van der Waals surface area contributed by atoms with E-state index in [-0.39, 0.29) is 11.9 Å². The van der Waals surface area contributed by atoms with Crippen LogP contribution in [0, 0.1) is 0 Å². The number of hydrogen-bond acceptors (Lipinski definition) is 4. The van der Waals surface area contributed by atoms with Crippen LogP contribution in [0.2, 0.25) is 0 Å². The average Bonchev–Trinajstić information content (AvgIpc) is 2.97. The van der Waals surface area contributed by atoms with E-state index in [0.717, 1.165) is 19.4 Å². The van der Waals surface area contributed by atoms with Crippen molar-refractivity contribution in [3.05, 3.63) is 23.8 Å². The van der Waals surface area contributed by atoms with Crippen LogP contribution < -0.4 is 15.2 Å². The molecule has 1 aliphatic rings. The topological polar surface area (TPSA) is 64.8 Å². The van der Waals surface area contributed by atoms with Crippen LogP contribution in [0.5, 0.6) is 11.5 Å². The van der Waals surface area contributed by atoms with E-state index in [2.05, 4.69) is 0 Å². The molecule has 2 rings (SSSR count). The van der Waals surface area contributed by atoms with Crippen LogP contribution >= 0.6 is 0 Å². The minimum Gasteiger partial charge on any atom is -0.490 e. The lowest BCUT2D eigenvalue weighted by Gasteiger charge is -2.24. The Hall–Kier alpha value is -1.75. The first-order chi connectivity index (χ1) is 10.2. The molecule has 0 aromatic heterocycles. The van der Waals surface area contributed by atoms with Gasteiger partial charge in [-0.3, -0.25) is 4.79 Å². The van der Waals surface area contributed by atoms with Crippen LogP contribution in [-0.4, -0.2) is 43.2 Å². The maximum Gasteiger partial charge on any atom is 0.254 e. The highest BCUT2D eigenvalue weighted by Crippen LogP contribution is 2.30. The summed E-state index contributed by atoms with van der Waals surface area (Å²) in [6, 6.07) is 5.51. The molecule has 1 heterocycles. The molecule has 0 saturated carbocycles. The number of likely N-dealkylation sites (tertiary alicyclic amines) is 1. The minimum absolute atomic E-state index is 0.0203. The molecule has 1 aromatic rings. The zero-order valence-corrected chi connectivity index (χ0v) is 12.8. The predicted octanol–water partition coefficient (Wildman–Crippen LogP) is 2.05. The molecule has 1 unspecified atom stereocenters. The third-order valence-corrected chi connectivity index (χ3v) is 3.70. The zero-order chi connectivity index (χ0) is 15.2. The van der Waals surface area contributed by atoms with Gasteiger partial charge in [0.05, 0.1) is 13.2 Å². The largest absolute Gasteiger partial charge is 0.490 e. The normalized spacial score (nSPS) is 17.9. The smallest absolute Gasteiger partial charge is 0.254 e. The van der Waals surface area contributed by atoms with Gasteiger partial charge in [-0.15, -0.1) is 0 Å². The second-order valence-electron chi connectivity index (χ2n) is 5.06. The molecule has 0 radical (unpaired) electrons. The van der Waals surface area contributed by atoms with E-state index in [0.29, 0.717) is 36.8 Å². The first kappa shape index (κ1) is 15.6. The minimum atomic E-state index is 0.0203. The number of nitrogens with two attached hydrogens (primary N) is 1. The van der Waals surface area contributed by atoms with E-state index in [1.807, 2.05) is 18.7 Å². The van der Waals surface area contributed by atoms with Gasteiger partial charge in [0.15, 0.2) is 11.5 Å². The molecular formula is C16H24N2O3. The molecule has 5 nitrogen and oxygen atoms in total. The second kappa shape index (κ2) is 7.31. The zero-order valence-electron chi connectivity index (χ0n) is 12.8. The van der Waals surface area contributed by atoms with Gasteiger partial charge >= 0.3 is 0 Å². The number of nitrogens with zero attached hydrogens (tertiary/aromatic N) is 1. The van der Waals surface area contributed by atoms with E-state index in [4.69, 9.17) is 15.2 Å². The Morgan fingerprint density at radius 3 is 2.67 bits per heavy atom. The number of ether oxygens (including phenoxy) is 2. The van der Waals surface area contributed by atoms with Gasteiger partial charge in [-0.05, 0) is 44.9 Å². The highest BCUT2D eigenvalue weighted by Gasteiger charge is 2.28. The summed E-state index contributed by atoms with van der Waals surface area (Å²) in [5.41, 5.74) is 6.37. The highest BCUT2D eigenvalue weighted by molar-refractivity contribution is 5.95. The van der Waals surface area contributed by atoms with Crippen molar-refractivity contribution < 1.29 is 14.3 Å². The molecule has 1 atom stereocenters. The Bertz CT molecular complexity index is 490. The molecule has 1 aromatic carbocycles. The molecule has 1 fully saturated rings. The van der Waals surface area contributed by atoms with Crippen LogP contribution in [0.25, 0.3) is 0 Å². The summed E-state index contributed by atoms with van der Waals surface area (Å²) in [6.07, 6.45) is 2.00. The van der Waals surface area contributed by atoms with E-state index in [1.165, 1.54) is 0 Å². The number of carbonyl (C=O) groups is 1. The molecule has 0 bridgehead atoms. The summed E-state index contributed by atoms with van der Waals surface area (Å²) in [4.78, 5) is 14.5. The maximum absolute atomic E-state index is 12.6. The molecule has 2 N–H and O–H groups in total. The third kappa shape index (κ3) is 3.47. The van der Waals surface area contributed by atoms with Crippen molar-refractivity contribution in [1.82, 2.24) is 4.90 Å². The van der Waals surface area contributed by atoms with Gasteiger partial charge in [0.2, 0.25) is 0 Å². The van der Waals surface area contributed by atoms with Crippen LogP contribution in [0.1, 0.15) is 37.0 Å². The number of benzene rings is 1. The van der Waals surface area contributed by atoms with Crippen LogP contribution in [0.3, 0.4) is 0 Å². The van der Waals surface area contributed by atoms with Crippen LogP contribution in [0.4, 0.5) is 0 Å². The summed E-state index contributed by atoms with van der Waals surface area (Å²) >= 11 is 0. The Balaban J connectivity index is 2.22. The summed E-state index contributed by atoms with van der Waals surface area (Å²) in [7, 11) is 0. The lowest BCUT2D eigenvalue weighted by molar-refractivity contribution is 0.0740. The lowest BCUT2D eigenvalue weighted by Crippen LogP contribution is -2.39. The summed E-state index contributed by atoms with van der Waals surface area (Å²) in [5, 5.41) is 0. The third-order valence-electron chi connectivity index (χ3n) is 3.70. The van der Waals surface area contributed by atoms with Gasteiger partial charge in [-0.1, -0.05) is 0 Å². The van der Waals surface area contributed by atoms with Crippen molar-refractivity contribution >= 4 is 5.91 Å². The SMILES string of the molecule is CCOc1ccc(C(=O)N2CCCC2CN)cc1OCC. The van der Waals surface area contributed by atoms with Crippen molar-refractivity contribution in [2.24, 2.45) is 5.73 Å². The van der Waals surface area contributed by atoms with E-state index in [1.54, 1.807) is 18.2 Å². The predicted molar refractivity (Wildman–Crippen MR) is 81.9 cm³/mol. The average molecular weight is 292 g/mol. The fourth-order valence-corrected chi connectivity index (χ4v) is 2.70. The maximum atomic E-state index is 12.6. The number of hydrogen-bond donors (Lipinski definition) is 1. The quantitative estimate of drug-likeness (QED) is 0.871. The molecular weight excluding hydrogens is 268 g/mol. The fourth-order valence-electron chi connectivity index (χ4n) is 2.70. The number of amides is 1. The summed E-state index contributed by atoms with van der Waals surface area (Å²) in [6.45, 7) is 6.22. The fraction of sp³-hybridized carbons (Fsp3) is 0.562. The first-order valence-corrected chi connectivity index (χ1v) is 7.61. The second-order valence-corrected chi connectivity index (χ2v) is 5.06. The Morgan fingerprint density at radius 1 is 1.29 bits per heavy atom.